The molecule has 1 fully saturated rings. The summed E-state index contributed by atoms with van der Waals surface area (Å²) in [5.41, 5.74) is 0.601. The molecule has 16 heavy (non-hydrogen) atoms. The van der Waals surface area contributed by atoms with Gasteiger partial charge in [0.25, 0.3) is 0 Å². The van der Waals surface area contributed by atoms with E-state index >= 15 is 0 Å². The summed E-state index contributed by atoms with van der Waals surface area (Å²) in [5.74, 6) is -1.24. The van der Waals surface area contributed by atoms with Gasteiger partial charge in [0.05, 0.1) is 0 Å². The Bertz CT molecular complexity index is 427. The number of carboxylic acids is 1. The van der Waals surface area contributed by atoms with Gasteiger partial charge < -0.3 is 15.5 Å². The number of nitrogens with one attached hydrogen (secondary N) is 1. The molecule has 5 heteroatoms. The first kappa shape index (κ1) is 11.4. The predicted molar refractivity (Wildman–Crippen MR) is 62.7 cm³/mol. The van der Waals surface area contributed by atoms with Crippen LogP contribution in [0.2, 0.25) is 0 Å². The van der Waals surface area contributed by atoms with Gasteiger partial charge in [-0.3, -0.25) is 0 Å². The van der Waals surface area contributed by atoms with Crippen LogP contribution in [0, 0.1) is 0 Å². The number of aromatic hydroxyl groups is 1. The monoisotopic (exact) mass is 285 g/mol. The van der Waals surface area contributed by atoms with Gasteiger partial charge in [-0.1, -0.05) is 15.9 Å². The van der Waals surface area contributed by atoms with Crippen LogP contribution in [-0.4, -0.2) is 22.7 Å². The Kier molecular flexibility index (Phi) is 3.16. The van der Waals surface area contributed by atoms with E-state index in [0.717, 1.165) is 23.9 Å². The normalized spacial score (nSPS) is 19.9. The Hall–Kier alpha value is -1.07. The number of halogens is 1. The van der Waals surface area contributed by atoms with E-state index in [2.05, 4.69) is 21.2 Å². The van der Waals surface area contributed by atoms with Gasteiger partial charge in [-0.25, -0.2) is 4.79 Å². The third-order valence-corrected chi connectivity index (χ3v) is 3.49. The maximum absolute atomic E-state index is 10.9. The molecule has 1 aliphatic heterocycles. The van der Waals surface area contributed by atoms with E-state index in [-0.39, 0.29) is 17.4 Å². The zero-order valence-corrected chi connectivity index (χ0v) is 10.1. The lowest BCUT2D eigenvalue weighted by molar-refractivity contribution is 0.0693. The molecule has 0 saturated carbocycles. The summed E-state index contributed by atoms with van der Waals surface area (Å²) in [4.78, 5) is 10.9. The molecular formula is C11H12BrNO3. The van der Waals surface area contributed by atoms with E-state index in [1.54, 1.807) is 6.07 Å². The van der Waals surface area contributed by atoms with Gasteiger partial charge in [-0.2, -0.15) is 0 Å². The summed E-state index contributed by atoms with van der Waals surface area (Å²) in [7, 11) is 0. The highest BCUT2D eigenvalue weighted by Gasteiger charge is 2.25. The third kappa shape index (κ3) is 1.92. The van der Waals surface area contributed by atoms with Crippen LogP contribution in [0.4, 0.5) is 0 Å². The summed E-state index contributed by atoms with van der Waals surface area (Å²) >= 11 is 3.35. The van der Waals surface area contributed by atoms with Crippen molar-refractivity contribution in [1.29, 1.82) is 0 Å². The molecule has 2 rings (SSSR count). The van der Waals surface area contributed by atoms with Crippen LogP contribution in [0.15, 0.2) is 16.6 Å². The van der Waals surface area contributed by atoms with Crippen molar-refractivity contribution in [2.24, 2.45) is 0 Å². The molecule has 0 aliphatic carbocycles. The summed E-state index contributed by atoms with van der Waals surface area (Å²) in [6.45, 7) is 0.897. The Morgan fingerprint density at radius 3 is 2.81 bits per heavy atom. The van der Waals surface area contributed by atoms with Crippen molar-refractivity contribution in [2.75, 3.05) is 6.54 Å². The minimum atomic E-state index is -1.11. The fraction of sp³-hybridized carbons (Fsp3) is 0.364. The molecule has 1 heterocycles. The second-order valence-electron chi connectivity index (χ2n) is 3.81. The smallest absolute Gasteiger partial charge is 0.339 e. The molecule has 1 saturated heterocycles. The standard InChI is InChI=1S/C11H12BrNO3/c12-7-4-3-6(11(15)16)10(14)9(7)8-2-1-5-13-8/h3-4,8,13-14H,1-2,5H2,(H,15,16)/t8-/m1/s1. The Morgan fingerprint density at radius 2 is 2.25 bits per heavy atom. The molecule has 0 bridgehead atoms. The highest BCUT2D eigenvalue weighted by atomic mass is 79.9. The minimum Gasteiger partial charge on any atom is -0.507 e. The molecule has 3 N–H and O–H groups in total. The SMILES string of the molecule is O=C(O)c1ccc(Br)c([C@H]2CCCN2)c1O. The van der Waals surface area contributed by atoms with Gasteiger partial charge in [0.15, 0.2) is 0 Å². The van der Waals surface area contributed by atoms with E-state index in [1.807, 2.05) is 0 Å². The quantitative estimate of drug-likeness (QED) is 0.780. The first-order chi connectivity index (χ1) is 7.61. The van der Waals surface area contributed by atoms with Crippen molar-refractivity contribution in [3.63, 3.8) is 0 Å². The van der Waals surface area contributed by atoms with Crippen LogP contribution in [0.5, 0.6) is 5.75 Å². The van der Waals surface area contributed by atoms with Gasteiger partial charge in [-0.15, -0.1) is 0 Å². The van der Waals surface area contributed by atoms with Crippen molar-refractivity contribution in [3.8, 4) is 5.75 Å². The van der Waals surface area contributed by atoms with Crippen molar-refractivity contribution in [3.05, 3.63) is 27.7 Å². The number of carboxylic acid groups (broad SMARTS) is 1. The Balaban J connectivity index is 2.49. The van der Waals surface area contributed by atoms with E-state index < -0.39 is 5.97 Å². The molecule has 4 nitrogen and oxygen atoms in total. The van der Waals surface area contributed by atoms with E-state index in [9.17, 15) is 9.90 Å². The van der Waals surface area contributed by atoms with Crippen LogP contribution in [0.3, 0.4) is 0 Å². The first-order valence-corrected chi connectivity index (χ1v) is 5.88. The molecule has 1 aromatic rings. The number of phenols is 1. The van der Waals surface area contributed by atoms with Gasteiger partial charge >= 0.3 is 5.97 Å². The van der Waals surface area contributed by atoms with Crippen molar-refractivity contribution in [2.45, 2.75) is 18.9 Å². The van der Waals surface area contributed by atoms with E-state index in [4.69, 9.17) is 5.11 Å². The molecule has 0 aromatic heterocycles. The fourth-order valence-corrected chi connectivity index (χ4v) is 2.61. The number of aromatic carboxylic acids is 1. The number of rotatable bonds is 2. The lowest BCUT2D eigenvalue weighted by Gasteiger charge is -2.16. The summed E-state index contributed by atoms with van der Waals surface area (Å²) in [6, 6.07) is 3.10. The van der Waals surface area contributed by atoms with Crippen molar-refractivity contribution in [1.82, 2.24) is 5.32 Å². The fourth-order valence-electron chi connectivity index (χ4n) is 2.02. The lowest BCUT2D eigenvalue weighted by Crippen LogP contribution is -2.14. The highest BCUT2D eigenvalue weighted by Crippen LogP contribution is 2.38. The zero-order valence-electron chi connectivity index (χ0n) is 8.53. The van der Waals surface area contributed by atoms with Gasteiger partial charge in [-0.05, 0) is 31.5 Å². The molecule has 1 aliphatic rings. The van der Waals surface area contributed by atoms with Crippen molar-refractivity contribution < 1.29 is 15.0 Å². The van der Waals surface area contributed by atoms with Gasteiger partial charge in [0.1, 0.15) is 11.3 Å². The number of hydrogen-bond donors (Lipinski definition) is 3. The molecule has 1 atom stereocenters. The van der Waals surface area contributed by atoms with E-state index in [1.165, 1.54) is 6.07 Å². The molecule has 0 amide bonds. The van der Waals surface area contributed by atoms with Gasteiger partial charge in [0, 0.05) is 16.1 Å². The van der Waals surface area contributed by atoms with Crippen LogP contribution in [-0.2, 0) is 0 Å². The molecule has 0 spiro atoms. The molecule has 1 aromatic carbocycles. The average Bonchev–Trinajstić information content (AvgIpc) is 2.70. The van der Waals surface area contributed by atoms with Gasteiger partial charge in [0.2, 0.25) is 0 Å². The first-order valence-electron chi connectivity index (χ1n) is 5.09. The number of benzene rings is 1. The molecule has 86 valence electrons. The molecular weight excluding hydrogens is 274 g/mol. The minimum absolute atomic E-state index is 0.0358. The maximum atomic E-state index is 10.9. The van der Waals surface area contributed by atoms with Crippen LogP contribution < -0.4 is 5.32 Å². The molecule has 0 unspecified atom stereocenters. The van der Waals surface area contributed by atoms with Crippen LogP contribution in [0.1, 0.15) is 34.8 Å². The maximum Gasteiger partial charge on any atom is 0.339 e. The summed E-state index contributed by atoms with van der Waals surface area (Å²) in [5, 5.41) is 22.1. The lowest BCUT2D eigenvalue weighted by atomic mass is 10.0. The number of carbonyl (C=O) groups is 1. The molecule has 0 radical (unpaired) electrons. The topological polar surface area (TPSA) is 69.6 Å². The third-order valence-electron chi connectivity index (χ3n) is 2.80. The largest absolute Gasteiger partial charge is 0.507 e. The van der Waals surface area contributed by atoms with E-state index in [0.29, 0.717) is 5.56 Å². The second-order valence-corrected chi connectivity index (χ2v) is 4.67. The zero-order chi connectivity index (χ0) is 11.7. The second kappa shape index (κ2) is 4.43. The summed E-state index contributed by atoms with van der Waals surface area (Å²) in [6.07, 6.45) is 1.95. The Labute approximate surface area is 101 Å². The van der Waals surface area contributed by atoms with Crippen LogP contribution >= 0.6 is 15.9 Å². The predicted octanol–water partition coefficient (Wildman–Crippen LogP) is 2.28. The average molecular weight is 286 g/mol. The summed E-state index contributed by atoms with van der Waals surface area (Å²) < 4.78 is 0.745. The Morgan fingerprint density at radius 1 is 1.50 bits per heavy atom. The highest BCUT2D eigenvalue weighted by molar-refractivity contribution is 9.10. The van der Waals surface area contributed by atoms with Crippen LogP contribution in [0.25, 0.3) is 0 Å². The van der Waals surface area contributed by atoms with Crippen molar-refractivity contribution >= 4 is 21.9 Å². The number of hydrogen-bond acceptors (Lipinski definition) is 3.